The molecule has 3 nitrogen and oxygen atoms in total. The van der Waals surface area contributed by atoms with Crippen LogP contribution in [-0.2, 0) is 6.54 Å². The van der Waals surface area contributed by atoms with Gasteiger partial charge < -0.3 is 15.0 Å². The highest BCUT2D eigenvalue weighted by Gasteiger charge is 2.20. The molecule has 1 N–H and O–H groups in total. The fraction of sp³-hybridized carbons (Fsp3) is 0.550. The number of thiocarbonyl (C=S) groups is 1. The number of methoxy groups -OCH3 is 1. The quantitative estimate of drug-likeness (QED) is 0.625. The molecule has 0 aliphatic heterocycles. The van der Waals surface area contributed by atoms with Gasteiger partial charge in [-0.25, -0.2) is 0 Å². The summed E-state index contributed by atoms with van der Waals surface area (Å²) in [4.78, 5) is 2.31. The van der Waals surface area contributed by atoms with Crippen molar-refractivity contribution < 1.29 is 4.74 Å². The molecule has 1 aromatic rings. The highest BCUT2D eigenvalue weighted by molar-refractivity contribution is 7.80. The van der Waals surface area contributed by atoms with Crippen LogP contribution in [-0.4, -0.2) is 29.2 Å². The zero-order chi connectivity index (χ0) is 17.6. The van der Waals surface area contributed by atoms with E-state index in [9.17, 15) is 0 Å². The van der Waals surface area contributed by atoms with Crippen molar-refractivity contribution in [2.24, 2.45) is 5.92 Å². The van der Waals surface area contributed by atoms with Crippen LogP contribution in [0.3, 0.4) is 0 Å². The number of ether oxygens (including phenoxy) is 1. The van der Waals surface area contributed by atoms with E-state index >= 15 is 0 Å². The van der Waals surface area contributed by atoms with Crippen molar-refractivity contribution in [3.05, 3.63) is 42.0 Å². The lowest BCUT2D eigenvalue weighted by molar-refractivity contribution is 0.304. The molecule has 1 aromatic carbocycles. The molecule has 0 saturated carbocycles. The molecule has 1 unspecified atom stereocenters. The molecule has 2 rings (SSSR count). The van der Waals surface area contributed by atoms with Crippen molar-refractivity contribution in [1.29, 1.82) is 0 Å². The second kappa shape index (κ2) is 8.52. The van der Waals surface area contributed by atoms with Crippen molar-refractivity contribution in [3.8, 4) is 5.75 Å². The van der Waals surface area contributed by atoms with Gasteiger partial charge in [-0.2, -0.15) is 0 Å². The smallest absolute Gasteiger partial charge is 0.169 e. The van der Waals surface area contributed by atoms with Gasteiger partial charge in [-0.3, -0.25) is 0 Å². The Morgan fingerprint density at radius 1 is 1.25 bits per heavy atom. The molecule has 1 aliphatic rings. The van der Waals surface area contributed by atoms with E-state index in [2.05, 4.69) is 55.3 Å². The molecule has 0 saturated heterocycles. The first-order valence-corrected chi connectivity index (χ1v) is 9.13. The van der Waals surface area contributed by atoms with Crippen LogP contribution in [0.1, 0.15) is 45.6 Å². The minimum absolute atomic E-state index is 0.0261. The summed E-state index contributed by atoms with van der Waals surface area (Å²) in [6, 6.07) is 8.26. The highest BCUT2D eigenvalue weighted by atomic mass is 32.1. The van der Waals surface area contributed by atoms with Crippen LogP contribution in [0.2, 0.25) is 0 Å². The van der Waals surface area contributed by atoms with E-state index in [1.54, 1.807) is 7.11 Å². The molecule has 0 heterocycles. The zero-order valence-electron chi connectivity index (χ0n) is 15.3. The largest absolute Gasteiger partial charge is 0.497 e. The number of hydrogen-bond acceptors (Lipinski definition) is 2. The Balaban J connectivity index is 2.07. The van der Waals surface area contributed by atoms with Gasteiger partial charge in [-0.15, -0.1) is 0 Å². The highest BCUT2D eigenvalue weighted by Crippen LogP contribution is 2.21. The Bertz CT molecular complexity index is 560. The van der Waals surface area contributed by atoms with Crippen LogP contribution >= 0.6 is 12.2 Å². The van der Waals surface area contributed by atoms with Gasteiger partial charge in [0.05, 0.1) is 7.11 Å². The molecule has 0 radical (unpaired) electrons. The Hall–Kier alpha value is -1.55. The Labute approximate surface area is 152 Å². The predicted octanol–water partition coefficient (Wildman–Crippen LogP) is 4.53. The number of nitrogens with zero attached hydrogens (tertiary/aromatic N) is 1. The van der Waals surface area contributed by atoms with Crippen molar-refractivity contribution in [1.82, 2.24) is 10.2 Å². The second-order valence-corrected chi connectivity index (χ2v) is 7.95. The third-order valence-corrected chi connectivity index (χ3v) is 4.52. The number of allylic oxidation sites excluding steroid dienone is 2. The summed E-state index contributed by atoms with van der Waals surface area (Å²) in [5, 5.41) is 4.31. The van der Waals surface area contributed by atoms with Crippen LogP contribution in [0.25, 0.3) is 0 Å². The lowest BCUT2D eigenvalue weighted by atomic mass is 9.94. The first-order valence-electron chi connectivity index (χ1n) is 8.72. The molecule has 0 spiro atoms. The molecule has 24 heavy (non-hydrogen) atoms. The van der Waals surface area contributed by atoms with Gasteiger partial charge in [0, 0.05) is 18.6 Å². The molecular formula is C20H30N2OS. The summed E-state index contributed by atoms with van der Waals surface area (Å²) in [5.41, 5.74) is 1.22. The lowest BCUT2D eigenvalue weighted by Gasteiger charge is -2.34. The average Bonchev–Trinajstić information content (AvgIpc) is 2.54. The predicted molar refractivity (Wildman–Crippen MR) is 105 cm³/mol. The number of benzene rings is 1. The van der Waals surface area contributed by atoms with Crippen LogP contribution in [0.5, 0.6) is 5.75 Å². The third kappa shape index (κ3) is 6.16. The number of rotatable bonds is 5. The molecule has 0 aromatic heterocycles. The molecule has 1 aliphatic carbocycles. The summed E-state index contributed by atoms with van der Waals surface area (Å²) in [7, 11) is 1.69. The van der Waals surface area contributed by atoms with E-state index in [1.165, 1.54) is 18.4 Å². The van der Waals surface area contributed by atoms with Crippen molar-refractivity contribution in [2.75, 3.05) is 13.7 Å². The van der Waals surface area contributed by atoms with Gasteiger partial charge in [0.1, 0.15) is 5.75 Å². The SMILES string of the molecule is COc1ccc(CN(CC2CC=CCC2)C(=S)NC(C)(C)C)cc1. The normalized spacial score (nSPS) is 17.4. The van der Waals surface area contributed by atoms with Gasteiger partial charge in [0.25, 0.3) is 0 Å². The summed E-state index contributed by atoms with van der Waals surface area (Å²) in [6.45, 7) is 8.26. The topological polar surface area (TPSA) is 24.5 Å². The third-order valence-electron chi connectivity index (χ3n) is 4.16. The summed E-state index contributed by atoms with van der Waals surface area (Å²) in [5.74, 6) is 1.56. The Kier molecular flexibility index (Phi) is 6.67. The van der Waals surface area contributed by atoms with Crippen LogP contribution in [0, 0.1) is 5.92 Å². The average molecular weight is 347 g/mol. The summed E-state index contributed by atoms with van der Waals surface area (Å²) < 4.78 is 5.25. The van der Waals surface area contributed by atoms with Crippen molar-refractivity contribution >= 4 is 17.3 Å². The molecule has 0 fully saturated rings. The Morgan fingerprint density at radius 3 is 2.50 bits per heavy atom. The summed E-state index contributed by atoms with van der Waals surface area (Å²) >= 11 is 5.71. The second-order valence-electron chi connectivity index (χ2n) is 7.56. The molecular weight excluding hydrogens is 316 g/mol. The molecule has 132 valence electrons. The van der Waals surface area contributed by atoms with Crippen molar-refractivity contribution in [3.63, 3.8) is 0 Å². The Morgan fingerprint density at radius 2 is 1.96 bits per heavy atom. The molecule has 4 heteroatoms. The van der Waals surface area contributed by atoms with Crippen molar-refractivity contribution in [2.45, 2.75) is 52.1 Å². The number of nitrogens with one attached hydrogen (secondary N) is 1. The van der Waals surface area contributed by atoms with Crippen LogP contribution in [0.4, 0.5) is 0 Å². The monoisotopic (exact) mass is 346 g/mol. The maximum atomic E-state index is 5.71. The van der Waals surface area contributed by atoms with E-state index < -0.39 is 0 Å². The van der Waals surface area contributed by atoms with E-state index in [-0.39, 0.29) is 5.54 Å². The van der Waals surface area contributed by atoms with Gasteiger partial charge in [0.15, 0.2) is 5.11 Å². The first kappa shape index (κ1) is 18.8. The van der Waals surface area contributed by atoms with Gasteiger partial charge in [-0.05, 0) is 75.9 Å². The molecule has 1 atom stereocenters. The van der Waals surface area contributed by atoms with E-state index in [0.717, 1.165) is 30.4 Å². The van der Waals surface area contributed by atoms with Gasteiger partial charge in [0.2, 0.25) is 0 Å². The van der Waals surface area contributed by atoms with E-state index in [4.69, 9.17) is 17.0 Å². The maximum absolute atomic E-state index is 5.71. The van der Waals surface area contributed by atoms with Crippen LogP contribution < -0.4 is 10.1 Å². The van der Waals surface area contributed by atoms with Gasteiger partial charge in [-0.1, -0.05) is 24.3 Å². The zero-order valence-corrected chi connectivity index (χ0v) is 16.2. The molecule has 0 bridgehead atoms. The first-order chi connectivity index (χ1) is 11.4. The lowest BCUT2D eigenvalue weighted by Crippen LogP contribution is -2.49. The van der Waals surface area contributed by atoms with E-state index in [1.807, 2.05) is 12.1 Å². The minimum Gasteiger partial charge on any atom is -0.497 e. The fourth-order valence-electron chi connectivity index (χ4n) is 2.90. The standard InChI is InChI=1S/C20H30N2OS/c1-20(2,3)21-19(24)22(14-16-8-6-5-7-9-16)15-17-10-12-18(23-4)13-11-17/h5-6,10-13,16H,7-9,14-15H2,1-4H3,(H,21,24). The maximum Gasteiger partial charge on any atom is 0.169 e. The fourth-order valence-corrected chi connectivity index (χ4v) is 3.35. The minimum atomic E-state index is -0.0261. The van der Waals surface area contributed by atoms with Crippen LogP contribution in [0.15, 0.2) is 36.4 Å². The van der Waals surface area contributed by atoms with Gasteiger partial charge >= 0.3 is 0 Å². The summed E-state index contributed by atoms with van der Waals surface area (Å²) in [6.07, 6.45) is 8.17. The van der Waals surface area contributed by atoms with E-state index in [0.29, 0.717) is 5.92 Å². The number of hydrogen-bond donors (Lipinski definition) is 1. The molecule has 0 amide bonds.